The van der Waals surface area contributed by atoms with Crippen molar-refractivity contribution in [2.75, 3.05) is 11.9 Å². The minimum atomic E-state index is -0.239. The maximum atomic E-state index is 12.8. The van der Waals surface area contributed by atoms with Gasteiger partial charge >= 0.3 is 0 Å². The van der Waals surface area contributed by atoms with E-state index in [0.29, 0.717) is 19.5 Å². The molecule has 1 amide bonds. The van der Waals surface area contributed by atoms with Gasteiger partial charge in [0.15, 0.2) is 0 Å². The van der Waals surface area contributed by atoms with E-state index in [2.05, 4.69) is 16.7 Å². The summed E-state index contributed by atoms with van der Waals surface area (Å²) in [5.74, 6) is -0.256. The molecular weight excluding hydrogens is 279 g/mol. The van der Waals surface area contributed by atoms with Crippen molar-refractivity contribution < 1.29 is 9.18 Å². The molecule has 0 fully saturated rings. The van der Waals surface area contributed by atoms with Crippen LogP contribution in [0.5, 0.6) is 0 Å². The molecule has 0 heterocycles. The number of halogens is 1. The van der Waals surface area contributed by atoms with Gasteiger partial charge in [0.2, 0.25) is 5.91 Å². The molecule has 2 aromatic carbocycles. The Morgan fingerprint density at radius 3 is 2.32 bits per heavy atom. The number of carbonyl (C=O) groups is 1. The van der Waals surface area contributed by atoms with E-state index >= 15 is 0 Å². The maximum absolute atomic E-state index is 12.8. The largest absolute Gasteiger partial charge is 0.326 e. The normalized spacial score (nSPS) is 10.5. The Hall–Kier alpha value is -2.20. The molecule has 3 nitrogen and oxygen atoms in total. The first-order chi connectivity index (χ1) is 10.5. The lowest BCUT2D eigenvalue weighted by Crippen LogP contribution is -2.21. The highest BCUT2D eigenvalue weighted by molar-refractivity contribution is 5.91. The third kappa shape index (κ3) is 5.30. The average molecular weight is 300 g/mol. The van der Waals surface area contributed by atoms with Gasteiger partial charge in [-0.25, -0.2) is 4.39 Å². The van der Waals surface area contributed by atoms with Crippen LogP contribution in [-0.4, -0.2) is 12.5 Å². The lowest BCUT2D eigenvalue weighted by Gasteiger charge is -2.08. The van der Waals surface area contributed by atoms with Crippen molar-refractivity contribution in [2.24, 2.45) is 0 Å². The molecule has 2 aromatic rings. The summed E-state index contributed by atoms with van der Waals surface area (Å²) in [4.78, 5) is 11.9. The van der Waals surface area contributed by atoms with Crippen LogP contribution in [0.4, 0.5) is 10.1 Å². The molecule has 0 saturated carbocycles. The Kier molecular flexibility index (Phi) is 5.67. The van der Waals surface area contributed by atoms with Crippen molar-refractivity contribution in [1.82, 2.24) is 5.32 Å². The first-order valence-corrected chi connectivity index (χ1v) is 7.36. The van der Waals surface area contributed by atoms with E-state index in [9.17, 15) is 9.18 Å². The zero-order valence-corrected chi connectivity index (χ0v) is 12.9. The van der Waals surface area contributed by atoms with Gasteiger partial charge in [-0.3, -0.25) is 4.79 Å². The van der Waals surface area contributed by atoms with Gasteiger partial charge in [-0.05, 0) is 54.8 Å². The topological polar surface area (TPSA) is 41.1 Å². The molecule has 0 aliphatic carbocycles. The summed E-state index contributed by atoms with van der Waals surface area (Å²) >= 11 is 0. The van der Waals surface area contributed by atoms with Crippen molar-refractivity contribution in [2.45, 2.75) is 26.8 Å². The quantitative estimate of drug-likeness (QED) is 0.801. The number of carbonyl (C=O) groups excluding carboxylic acids is 1. The van der Waals surface area contributed by atoms with Crippen LogP contribution in [0, 0.1) is 19.7 Å². The van der Waals surface area contributed by atoms with Gasteiger partial charge in [0.1, 0.15) is 5.82 Å². The second-order valence-corrected chi connectivity index (χ2v) is 5.48. The van der Waals surface area contributed by atoms with Gasteiger partial charge in [0.05, 0.1) is 0 Å². The molecule has 0 aliphatic heterocycles. The van der Waals surface area contributed by atoms with Crippen LogP contribution in [-0.2, 0) is 11.3 Å². The van der Waals surface area contributed by atoms with Gasteiger partial charge < -0.3 is 10.6 Å². The van der Waals surface area contributed by atoms with Crippen molar-refractivity contribution in [1.29, 1.82) is 0 Å². The molecule has 0 saturated heterocycles. The molecule has 116 valence electrons. The van der Waals surface area contributed by atoms with Crippen LogP contribution in [0.25, 0.3) is 0 Å². The molecule has 0 bridgehead atoms. The van der Waals surface area contributed by atoms with Crippen molar-refractivity contribution >= 4 is 11.6 Å². The Labute approximate surface area is 130 Å². The SMILES string of the molecule is Cc1cc(C)cc(NC(=O)CCNCc2ccc(F)cc2)c1. The molecule has 0 spiro atoms. The van der Waals surface area contributed by atoms with Crippen LogP contribution in [0.2, 0.25) is 0 Å². The number of nitrogens with one attached hydrogen (secondary N) is 2. The number of benzene rings is 2. The Morgan fingerprint density at radius 1 is 1.05 bits per heavy atom. The van der Waals surface area contributed by atoms with E-state index in [1.807, 2.05) is 26.0 Å². The molecule has 0 radical (unpaired) electrons. The predicted octanol–water partition coefficient (Wildman–Crippen LogP) is 3.56. The predicted molar refractivity (Wildman–Crippen MR) is 87.3 cm³/mol. The molecule has 22 heavy (non-hydrogen) atoms. The van der Waals surface area contributed by atoms with Gasteiger partial charge in [0.25, 0.3) is 0 Å². The van der Waals surface area contributed by atoms with Crippen molar-refractivity contribution in [3.8, 4) is 0 Å². The Bertz CT molecular complexity index is 618. The van der Waals surface area contributed by atoms with Gasteiger partial charge in [-0.15, -0.1) is 0 Å². The smallest absolute Gasteiger partial charge is 0.225 e. The lowest BCUT2D eigenvalue weighted by atomic mass is 10.1. The highest BCUT2D eigenvalue weighted by Crippen LogP contribution is 2.13. The third-order valence-electron chi connectivity index (χ3n) is 3.28. The first kappa shape index (κ1) is 16.2. The number of anilines is 1. The summed E-state index contributed by atoms with van der Waals surface area (Å²) in [6.45, 7) is 5.21. The van der Waals surface area contributed by atoms with Gasteiger partial charge in [-0.2, -0.15) is 0 Å². The van der Waals surface area contributed by atoms with Crippen molar-refractivity contribution in [3.63, 3.8) is 0 Å². The number of hydrogen-bond acceptors (Lipinski definition) is 2. The average Bonchev–Trinajstić information content (AvgIpc) is 2.44. The summed E-state index contributed by atoms with van der Waals surface area (Å²) in [7, 11) is 0. The van der Waals surface area contributed by atoms with E-state index in [-0.39, 0.29) is 11.7 Å². The summed E-state index contributed by atoms with van der Waals surface area (Å²) in [5.41, 5.74) is 4.09. The fourth-order valence-electron chi connectivity index (χ4n) is 2.31. The second-order valence-electron chi connectivity index (χ2n) is 5.48. The zero-order chi connectivity index (χ0) is 15.9. The number of aryl methyl sites for hydroxylation is 2. The summed E-state index contributed by atoms with van der Waals surface area (Å²) < 4.78 is 12.8. The van der Waals surface area contributed by atoms with E-state index < -0.39 is 0 Å². The van der Waals surface area contributed by atoms with Crippen LogP contribution >= 0.6 is 0 Å². The van der Waals surface area contributed by atoms with Crippen LogP contribution in [0.3, 0.4) is 0 Å². The maximum Gasteiger partial charge on any atom is 0.225 e. The van der Waals surface area contributed by atoms with Crippen LogP contribution < -0.4 is 10.6 Å². The summed E-state index contributed by atoms with van der Waals surface area (Å²) in [6, 6.07) is 12.3. The zero-order valence-electron chi connectivity index (χ0n) is 12.9. The minimum Gasteiger partial charge on any atom is -0.326 e. The molecule has 2 rings (SSSR count). The van der Waals surface area contributed by atoms with Crippen LogP contribution in [0.15, 0.2) is 42.5 Å². The fraction of sp³-hybridized carbons (Fsp3) is 0.278. The van der Waals surface area contributed by atoms with E-state index in [1.54, 1.807) is 12.1 Å². The summed E-state index contributed by atoms with van der Waals surface area (Å²) in [6.07, 6.45) is 0.397. The highest BCUT2D eigenvalue weighted by atomic mass is 19.1. The monoisotopic (exact) mass is 300 g/mol. The lowest BCUT2D eigenvalue weighted by molar-refractivity contribution is -0.116. The molecule has 0 aromatic heterocycles. The second kappa shape index (κ2) is 7.71. The molecule has 0 aliphatic rings. The summed E-state index contributed by atoms with van der Waals surface area (Å²) in [5, 5.41) is 6.08. The molecule has 0 atom stereocenters. The molecule has 0 unspecified atom stereocenters. The Morgan fingerprint density at radius 2 is 1.68 bits per heavy atom. The highest BCUT2D eigenvalue weighted by Gasteiger charge is 2.03. The van der Waals surface area contributed by atoms with E-state index in [1.165, 1.54) is 12.1 Å². The van der Waals surface area contributed by atoms with Gasteiger partial charge in [0, 0.05) is 25.2 Å². The molecule has 2 N–H and O–H groups in total. The van der Waals surface area contributed by atoms with Crippen molar-refractivity contribution in [3.05, 3.63) is 65.0 Å². The van der Waals surface area contributed by atoms with E-state index in [4.69, 9.17) is 0 Å². The van der Waals surface area contributed by atoms with E-state index in [0.717, 1.165) is 22.4 Å². The third-order valence-corrected chi connectivity index (χ3v) is 3.28. The molecular formula is C18H21FN2O. The molecule has 4 heteroatoms. The first-order valence-electron chi connectivity index (χ1n) is 7.36. The number of hydrogen-bond donors (Lipinski definition) is 2. The van der Waals surface area contributed by atoms with Crippen LogP contribution in [0.1, 0.15) is 23.1 Å². The van der Waals surface area contributed by atoms with Gasteiger partial charge in [-0.1, -0.05) is 18.2 Å². The fourth-order valence-corrected chi connectivity index (χ4v) is 2.31. The Balaban J connectivity index is 1.72. The minimum absolute atomic E-state index is 0.0170. The number of rotatable bonds is 6. The standard InChI is InChI=1S/C18H21FN2O/c1-13-9-14(2)11-17(10-13)21-18(22)7-8-20-12-15-3-5-16(19)6-4-15/h3-6,9-11,20H,7-8,12H2,1-2H3,(H,21,22). The number of amides is 1.